The topological polar surface area (TPSA) is 37.3 Å². The minimum absolute atomic E-state index is 0.560. The van der Waals surface area contributed by atoms with Crippen molar-refractivity contribution in [3.05, 3.63) is 0 Å². The van der Waals surface area contributed by atoms with Crippen LogP contribution in [0.1, 0.15) is 13.3 Å². The number of alkyl halides is 6. The van der Waals surface area contributed by atoms with Crippen molar-refractivity contribution in [2.45, 2.75) is 30.4 Å². The van der Waals surface area contributed by atoms with E-state index in [1.165, 1.54) is 0 Å². The molecular weight excluding hydrogens is 238 g/mol. The fourth-order valence-corrected chi connectivity index (χ4v) is 0.913. The number of hydrogen-bond acceptors (Lipinski definition) is 1. The first kappa shape index (κ1) is 13.7. The summed E-state index contributed by atoms with van der Waals surface area (Å²) in [6, 6.07) is 0. The molecule has 14 heavy (non-hydrogen) atoms. The van der Waals surface area contributed by atoms with Crippen LogP contribution in [0.4, 0.5) is 26.3 Å². The fourth-order valence-electron chi connectivity index (χ4n) is 0.545. The van der Waals surface area contributed by atoms with E-state index < -0.39 is 34.6 Å². The van der Waals surface area contributed by atoms with Crippen LogP contribution in [0, 0.1) is 0 Å². The summed E-state index contributed by atoms with van der Waals surface area (Å²) in [5, 5.41) is -5.67. The van der Waals surface area contributed by atoms with Gasteiger partial charge in [-0.3, -0.25) is 0 Å². The normalized spacial score (nSPS) is 16.9. The second-order valence-electron chi connectivity index (χ2n) is 2.40. The van der Waals surface area contributed by atoms with Crippen LogP contribution >= 0.6 is 0 Å². The first-order chi connectivity index (χ1) is 6.00. The van der Waals surface area contributed by atoms with E-state index in [-0.39, 0.29) is 0 Å². The van der Waals surface area contributed by atoms with Crippen molar-refractivity contribution >= 4 is 11.1 Å². The van der Waals surface area contributed by atoms with Crippen molar-refractivity contribution in [1.82, 2.24) is 0 Å². The van der Waals surface area contributed by atoms with Gasteiger partial charge in [-0.05, 0) is 0 Å². The Morgan fingerprint density at radius 3 is 1.71 bits per heavy atom. The van der Waals surface area contributed by atoms with Gasteiger partial charge in [-0.2, -0.15) is 26.3 Å². The molecule has 86 valence electrons. The van der Waals surface area contributed by atoms with Crippen LogP contribution in [0.15, 0.2) is 0 Å². The third kappa shape index (κ3) is 1.88. The van der Waals surface area contributed by atoms with Crippen LogP contribution in [0.25, 0.3) is 0 Å². The summed E-state index contributed by atoms with van der Waals surface area (Å²) in [5.41, 5.74) is 0. The smallest absolute Gasteiger partial charge is 0.301 e. The Morgan fingerprint density at radius 1 is 1.14 bits per heavy atom. The lowest BCUT2D eigenvalue weighted by atomic mass is 10.1. The minimum Gasteiger partial charge on any atom is -0.301 e. The van der Waals surface area contributed by atoms with Crippen LogP contribution < -0.4 is 0 Å². The maximum absolute atomic E-state index is 12.4. The van der Waals surface area contributed by atoms with Gasteiger partial charge in [0.05, 0.1) is 0 Å². The van der Waals surface area contributed by atoms with E-state index in [0.717, 1.165) is 0 Å². The SMILES string of the molecule is CCC(F)(F)C(F)(F)C(F)(F)S(=O)O. The molecule has 0 fully saturated rings. The zero-order chi connectivity index (χ0) is 11.8. The largest absolute Gasteiger partial charge is 0.412 e. The Kier molecular flexibility index (Phi) is 3.60. The molecule has 2 nitrogen and oxygen atoms in total. The van der Waals surface area contributed by atoms with Crippen LogP contribution in [-0.2, 0) is 11.1 Å². The summed E-state index contributed by atoms with van der Waals surface area (Å²) in [4.78, 5) is 0. The zero-order valence-electron chi connectivity index (χ0n) is 6.74. The van der Waals surface area contributed by atoms with E-state index in [1.807, 2.05) is 0 Å². The van der Waals surface area contributed by atoms with Gasteiger partial charge < -0.3 is 4.55 Å². The van der Waals surface area contributed by atoms with E-state index in [1.54, 1.807) is 0 Å². The van der Waals surface area contributed by atoms with E-state index in [0.29, 0.717) is 6.92 Å². The molecule has 0 aromatic rings. The molecule has 0 radical (unpaired) electrons. The molecule has 0 aliphatic heterocycles. The molecule has 0 heterocycles. The predicted octanol–water partition coefficient (Wildman–Crippen LogP) is 2.48. The van der Waals surface area contributed by atoms with Crippen molar-refractivity contribution < 1.29 is 35.1 Å². The van der Waals surface area contributed by atoms with Crippen molar-refractivity contribution in [3.8, 4) is 0 Å². The Labute approximate surface area is 77.6 Å². The maximum atomic E-state index is 12.4. The molecule has 0 saturated carbocycles. The van der Waals surface area contributed by atoms with Gasteiger partial charge in [0.2, 0.25) is 11.1 Å². The second-order valence-corrected chi connectivity index (χ2v) is 3.41. The third-order valence-electron chi connectivity index (χ3n) is 1.49. The van der Waals surface area contributed by atoms with Crippen molar-refractivity contribution in [3.63, 3.8) is 0 Å². The van der Waals surface area contributed by atoms with Crippen LogP contribution in [0.3, 0.4) is 0 Å². The summed E-state index contributed by atoms with van der Waals surface area (Å²) >= 11 is -4.36. The average Bonchev–Trinajstić information content (AvgIpc) is 2.03. The molecule has 0 saturated heterocycles. The molecule has 0 bridgehead atoms. The summed E-state index contributed by atoms with van der Waals surface area (Å²) in [6.45, 7) is 0.560. The molecule has 0 rings (SSSR count). The van der Waals surface area contributed by atoms with Gasteiger partial charge in [0.15, 0.2) is 0 Å². The van der Waals surface area contributed by atoms with E-state index in [4.69, 9.17) is 4.55 Å². The first-order valence-electron chi connectivity index (χ1n) is 3.25. The first-order valence-corrected chi connectivity index (χ1v) is 4.35. The second kappa shape index (κ2) is 3.69. The Hall–Kier alpha value is -0.310. The molecule has 0 aromatic heterocycles. The Morgan fingerprint density at radius 2 is 1.50 bits per heavy atom. The average molecular weight is 244 g/mol. The molecule has 1 unspecified atom stereocenters. The van der Waals surface area contributed by atoms with E-state index >= 15 is 0 Å². The summed E-state index contributed by atoms with van der Waals surface area (Å²) in [5.74, 6) is -10.9. The molecule has 0 aromatic carbocycles. The molecule has 0 aliphatic carbocycles. The Balaban J connectivity index is 5.24. The fraction of sp³-hybridized carbons (Fsp3) is 1.00. The zero-order valence-corrected chi connectivity index (χ0v) is 7.56. The van der Waals surface area contributed by atoms with Gasteiger partial charge in [-0.25, -0.2) is 4.21 Å². The molecular formula is C5H6F6O2S. The monoisotopic (exact) mass is 244 g/mol. The van der Waals surface area contributed by atoms with Gasteiger partial charge in [0.1, 0.15) is 0 Å². The molecule has 0 aliphatic rings. The molecule has 1 N–H and O–H groups in total. The van der Waals surface area contributed by atoms with Crippen molar-refractivity contribution in [2.75, 3.05) is 0 Å². The third-order valence-corrected chi connectivity index (χ3v) is 2.18. The summed E-state index contributed by atoms with van der Waals surface area (Å²) < 4.78 is 91.4. The van der Waals surface area contributed by atoms with Gasteiger partial charge in [0.25, 0.3) is 0 Å². The lowest BCUT2D eigenvalue weighted by Crippen LogP contribution is -2.55. The summed E-state index contributed by atoms with van der Waals surface area (Å²) in [7, 11) is 0. The quantitative estimate of drug-likeness (QED) is 0.609. The molecule has 9 heteroatoms. The van der Waals surface area contributed by atoms with Gasteiger partial charge in [-0.15, -0.1) is 0 Å². The van der Waals surface area contributed by atoms with Gasteiger partial charge >= 0.3 is 17.1 Å². The lowest BCUT2D eigenvalue weighted by Gasteiger charge is -2.29. The predicted molar refractivity (Wildman–Crippen MR) is 35.9 cm³/mol. The minimum atomic E-state index is -5.85. The van der Waals surface area contributed by atoms with E-state index in [2.05, 4.69) is 0 Å². The highest BCUT2D eigenvalue weighted by Gasteiger charge is 2.73. The van der Waals surface area contributed by atoms with Crippen molar-refractivity contribution in [1.29, 1.82) is 0 Å². The number of rotatable bonds is 4. The molecule has 1 atom stereocenters. The maximum Gasteiger partial charge on any atom is 0.412 e. The van der Waals surface area contributed by atoms with Crippen LogP contribution in [0.5, 0.6) is 0 Å². The highest BCUT2D eigenvalue weighted by Crippen LogP contribution is 2.48. The highest BCUT2D eigenvalue weighted by atomic mass is 32.2. The van der Waals surface area contributed by atoms with Crippen molar-refractivity contribution in [2.24, 2.45) is 0 Å². The summed E-state index contributed by atoms with van der Waals surface area (Å²) in [6.07, 6.45) is -1.56. The standard InChI is InChI=1S/C5H6F6O2S/c1-2-3(6,7)4(8,9)5(10,11)14(12)13/h2H2,1H3,(H,12,13). The number of hydrogen-bond donors (Lipinski definition) is 1. The highest BCUT2D eigenvalue weighted by molar-refractivity contribution is 7.80. The molecule has 0 amide bonds. The van der Waals surface area contributed by atoms with Gasteiger partial charge in [0, 0.05) is 6.42 Å². The van der Waals surface area contributed by atoms with Crippen LogP contribution in [0.2, 0.25) is 0 Å². The van der Waals surface area contributed by atoms with E-state index in [9.17, 15) is 30.6 Å². The van der Waals surface area contributed by atoms with Gasteiger partial charge in [-0.1, -0.05) is 6.92 Å². The molecule has 0 spiro atoms. The van der Waals surface area contributed by atoms with Crippen LogP contribution in [-0.4, -0.2) is 25.9 Å². The Bertz CT molecular complexity index is 240. The number of halogens is 6. The lowest BCUT2D eigenvalue weighted by molar-refractivity contribution is -0.279.